The fraction of sp³-hybridized carbons (Fsp3) is 0.930. The molecule has 0 bridgehead atoms. The van der Waals surface area contributed by atoms with Crippen LogP contribution in [0.25, 0.3) is 0 Å². The topological polar surface area (TPSA) is 95.9 Å². The van der Waals surface area contributed by atoms with Gasteiger partial charge in [0.1, 0.15) is 0 Å². The molecule has 0 aromatic heterocycles. The number of hydrogen-bond donors (Lipinski definition) is 3. The van der Waals surface area contributed by atoms with E-state index in [-0.39, 0.29) is 18.5 Å². The zero-order valence-corrected chi connectivity index (χ0v) is 42.6. The minimum atomic E-state index is -0.680. The van der Waals surface area contributed by atoms with Gasteiger partial charge in [-0.2, -0.15) is 0 Å². The summed E-state index contributed by atoms with van der Waals surface area (Å²) >= 11 is 0. The molecule has 1 amide bonds. The van der Waals surface area contributed by atoms with E-state index in [2.05, 4.69) is 31.3 Å². The third-order valence-electron chi connectivity index (χ3n) is 13.3. The summed E-state index contributed by atoms with van der Waals surface area (Å²) in [6.07, 6.45) is 62.0. The van der Waals surface area contributed by atoms with Crippen molar-refractivity contribution in [3.8, 4) is 0 Å². The molecule has 0 aliphatic heterocycles. The van der Waals surface area contributed by atoms with Crippen LogP contribution in [-0.4, -0.2) is 47.4 Å². The molecule has 0 heterocycles. The zero-order chi connectivity index (χ0) is 45.8. The standard InChI is InChI=1S/C57H111NO5/c1-3-5-7-9-11-13-15-17-19-20-21-22-24-25-29-33-37-41-45-49-55(60)54(53-59)58-56(61)50-46-42-38-34-30-27-28-32-36-40-44-48-52-63-57(62)51-47-43-39-35-31-26-23-18-16-14-12-10-8-6-4-2/h28,32,54-55,59-60H,3-27,29-31,33-53H2,1-2H3,(H,58,61)/b32-28-. The van der Waals surface area contributed by atoms with Gasteiger partial charge in [0.2, 0.25) is 5.91 Å². The first-order chi connectivity index (χ1) is 31.0. The van der Waals surface area contributed by atoms with Crippen LogP contribution in [0.5, 0.6) is 0 Å². The lowest BCUT2D eigenvalue weighted by atomic mass is 10.0. The summed E-state index contributed by atoms with van der Waals surface area (Å²) in [5.41, 5.74) is 0. The molecule has 0 fully saturated rings. The predicted molar refractivity (Wildman–Crippen MR) is 273 cm³/mol. The molecule has 0 rings (SSSR count). The predicted octanol–water partition coefficient (Wildman–Crippen LogP) is 17.3. The lowest BCUT2D eigenvalue weighted by Gasteiger charge is -2.22. The van der Waals surface area contributed by atoms with Crippen LogP contribution in [0.2, 0.25) is 0 Å². The Morgan fingerprint density at radius 2 is 0.746 bits per heavy atom. The molecule has 374 valence electrons. The average molecular weight is 891 g/mol. The summed E-state index contributed by atoms with van der Waals surface area (Å²) in [7, 11) is 0. The van der Waals surface area contributed by atoms with Crippen LogP contribution in [0.4, 0.5) is 0 Å². The maximum Gasteiger partial charge on any atom is 0.305 e. The van der Waals surface area contributed by atoms with Crippen molar-refractivity contribution < 1.29 is 24.5 Å². The van der Waals surface area contributed by atoms with Gasteiger partial charge < -0.3 is 20.3 Å². The molecule has 2 unspecified atom stereocenters. The molecule has 6 heteroatoms. The van der Waals surface area contributed by atoms with Crippen LogP contribution in [0.15, 0.2) is 12.2 Å². The summed E-state index contributed by atoms with van der Waals surface area (Å²) in [4.78, 5) is 24.5. The van der Waals surface area contributed by atoms with E-state index in [1.807, 2.05) is 0 Å². The monoisotopic (exact) mass is 890 g/mol. The SMILES string of the molecule is CCCCCCCCCCCCCCCCCCCCCC(O)C(CO)NC(=O)CCCCCCC/C=C\CCCCCOC(=O)CCCCCCCCCCCCCCCCC. The van der Waals surface area contributed by atoms with Crippen LogP contribution in [0, 0.1) is 0 Å². The number of amides is 1. The van der Waals surface area contributed by atoms with Gasteiger partial charge >= 0.3 is 5.97 Å². The summed E-state index contributed by atoms with van der Waals surface area (Å²) < 4.78 is 5.46. The molecule has 3 N–H and O–H groups in total. The summed E-state index contributed by atoms with van der Waals surface area (Å²) in [6.45, 7) is 4.92. The van der Waals surface area contributed by atoms with E-state index in [9.17, 15) is 19.8 Å². The molecule has 6 nitrogen and oxygen atoms in total. The van der Waals surface area contributed by atoms with Crippen LogP contribution in [-0.2, 0) is 14.3 Å². The summed E-state index contributed by atoms with van der Waals surface area (Å²) in [5.74, 6) is -0.0766. The second-order valence-electron chi connectivity index (χ2n) is 19.6. The highest BCUT2D eigenvalue weighted by molar-refractivity contribution is 5.76. The molecular formula is C57H111NO5. The maximum absolute atomic E-state index is 12.5. The largest absolute Gasteiger partial charge is 0.466 e. The van der Waals surface area contributed by atoms with Gasteiger partial charge in [-0.25, -0.2) is 0 Å². The molecule has 63 heavy (non-hydrogen) atoms. The Balaban J connectivity index is 3.48. The van der Waals surface area contributed by atoms with E-state index in [0.717, 1.165) is 77.0 Å². The number of hydrogen-bond acceptors (Lipinski definition) is 5. The van der Waals surface area contributed by atoms with Crippen molar-refractivity contribution in [1.29, 1.82) is 0 Å². The minimum absolute atomic E-state index is 0.0190. The number of allylic oxidation sites excluding steroid dienone is 2. The molecule has 0 saturated carbocycles. The second-order valence-corrected chi connectivity index (χ2v) is 19.6. The van der Waals surface area contributed by atoms with Crippen LogP contribution in [0.1, 0.15) is 316 Å². The normalized spacial score (nSPS) is 12.6. The van der Waals surface area contributed by atoms with Gasteiger partial charge in [-0.3, -0.25) is 9.59 Å². The highest BCUT2D eigenvalue weighted by atomic mass is 16.5. The highest BCUT2D eigenvalue weighted by Crippen LogP contribution is 2.17. The molecule has 0 aliphatic rings. The van der Waals surface area contributed by atoms with Crippen LogP contribution in [0.3, 0.4) is 0 Å². The number of aliphatic hydroxyl groups excluding tert-OH is 2. The van der Waals surface area contributed by atoms with Crippen molar-refractivity contribution in [2.24, 2.45) is 0 Å². The van der Waals surface area contributed by atoms with Crippen molar-refractivity contribution in [2.75, 3.05) is 13.2 Å². The van der Waals surface area contributed by atoms with Crippen molar-refractivity contribution in [3.63, 3.8) is 0 Å². The lowest BCUT2D eigenvalue weighted by Crippen LogP contribution is -2.45. The number of carbonyl (C=O) groups is 2. The number of esters is 1. The van der Waals surface area contributed by atoms with Crippen molar-refractivity contribution in [2.45, 2.75) is 328 Å². The van der Waals surface area contributed by atoms with Gasteiger partial charge in [-0.1, -0.05) is 257 Å². The molecule has 2 atom stereocenters. The van der Waals surface area contributed by atoms with Crippen LogP contribution < -0.4 is 5.32 Å². The Morgan fingerprint density at radius 3 is 1.13 bits per heavy atom. The van der Waals surface area contributed by atoms with E-state index >= 15 is 0 Å². The summed E-state index contributed by atoms with van der Waals surface area (Å²) in [6, 6.07) is -0.559. The van der Waals surface area contributed by atoms with E-state index < -0.39 is 12.1 Å². The number of unbranched alkanes of at least 4 members (excludes halogenated alkanes) is 40. The Morgan fingerprint density at radius 1 is 0.429 bits per heavy atom. The smallest absolute Gasteiger partial charge is 0.305 e. The highest BCUT2D eigenvalue weighted by Gasteiger charge is 2.20. The van der Waals surface area contributed by atoms with Gasteiger partial charge in [0.15, 0.2) is 0 Å². The second kappa shape index (κ2) is 53.2. The Kier molecular flexibility index (Phi) is 52.0. The van der Waals surface area contributed by atoms with Crippen molar-refractivity contribution in [1.82, 2.24) is 5.32 Å². The first-order valence-corrected chi connectivity index (χ1v) is 28.4. The van der Waals surface area contributed by atoms with Gasteiger partial charge in [0, 0.05) is 12.8 Å². The minimum Gasteiger partial charge on any atom is -0.466 e. The number of nitrogens with one attached hydrogen (secondary N) is 1. The molecule has 0 radical (unpaired) electrons. The van der Waals surface area contributed by atoms with Crippen molar-refractivity contribution in [3.05, 3.63) is 12.2 Å². The Hall–Kier alpha value is -1.40. The molecule has 0 aliphatic carbocycles. The van der Waals surface area contributed by atoms with Gasteiger partial charge in [-0.05, 0) is 57.8 Å². The molecule has 0 aromatic rings. The van der Waals surface area contributed by atoms with Gasteiger partial charge in [0.05, 0.1) is 25.4 Å². The third-order valence-corrected chi connectivity index (χ3v) is 13.3. The van der Waals surface area contributed by atoms with E-state index in [1.165, 1.54) is 205 Å². The molecule has 0 aromatic carbocycles. The summed E-state index contributed by atoms with van der Waals surface area (Å²) in [5, 5.41) is 23.3. The van der Waals surface area contributed by atoms with E-state index in [4.69, 9.17) is 4.74 Å². The quantitative estimate of drug-likeness (QED) is 0.0321. The molecule has 0 spiro atoms. The third kappa shape index (κ3) is 49.9. The first-order valence-electron chi connectivity index (χ1n) is 28.4. The number of ether oxygens (including phenoxy) is 1. The fourth-order valence-electron chi connectivity index (χ4n) is 8.93. The zero-order valence-electron chi connectivity index (χ0n) is 42.6. The van der Waals surface area contributed by atoms with E-state index in [0.29, 0.717) is 25.9 Å². The molecule has 0 saturated heterocycles. The van der Waals surface area contributed by atoms with Gasteiger partial charge in [-0.15, -0.1) is 0 Å². The average Bonchev–Trinajstić information content (AvgIpc) is 3.28. The Labute approximate surface area is 393 Å². The van der Waals surface area contributed by atoms with Crippen LogP contribution >= 0.6 is 0 Å². The number of rotatable bonds is 53. The fourth-order valence-corrected chi connectivity index (χ4v) is 8.93. The lowest BCUT2D eigenvalue weighted by molar-refractivity contribution is -0.143. The van der Waals surface area contributed by atoms with Crippen molar-refractivity contribution >= 4 is 11.9 Å². The molecular weight excluding hydrogens is 779 g/mol. The van der Waals surface area contributed by atoms with Gasteiger partial charge in [0.25, 0.3) is 0 Å². The number of aliphatic hydroxyl groups is 2. The first kappa shape index (κ1) is 61.6. The Bertz CT molecular complexity index is 939. The maximum atomic E-state index is 12.5. The number of carbonyl (C=O) groups excluding carboxylic acids is 2. The van der Waals surface area contributed by atoms with E-state index in [1.54, 1.807) is 0 Å².